The molecule has 3 N–H and O–H groups in total. The third-order valence-corrected chi connectivity index (χ3v) is 3.19. The molecule has 0 fully saturated rings. The van der Waals surface area contributed by atoms with Crippen molar-refractivity contribution in [1.82, 2.24) is 0 Å². The molecule has 0 heterocycles. The Morgan fingerprint density at radius 1 is 1.30 bits per heavy atom. The van der Waals surface area contributed by atoms with E-state index in [1.807, 2.05) is 43.3 Å². The minimum Gasteiger partial charge on any atom is -0.481 e. The zero-order valence-electron chi connectivity index (χ0n) is 11.0. The van der Waals surface area contributed by atoms with Crippen LogP contribution in [-0.4, -0.2) is 12.5 Å². The van der Waals surface area contributed by atoms with Gasteiger partial charge in [0.2, 0.25) is 0 Å². The van der Waals surface area contributed by atoms with Crippen LogP contribution in [0.2, 0.25) is 0 Å². The fourth-order valence-electron chi connectivity index (χ4n) is 1.77. The predicted octanol–water partition coefficient (Wildman–Crippen LogP) is 3.36. The number of carbonyl (C=O) groups excluding carboxylic acids is 1. The maximum atomic E-state index is 11.8. The van der Waals surface area contributed by atoms with E-state index >= 15 is 0 Å². The first-order valence-corrected chi connectivity index (χ1v) is 6.89. The number of aryl methyl sites for hydroxylation is 1. The molecule has 4 nitrogen and oxygen atoms in total. The van der Waals surface area contributed by atoms with Crippen LogP contribution >= 0.6 is 15.9 Å². The molecule has 0 aromatic heterocycles. The first-order chi connectivity index (χ1) is 9.56. The van der Waals surface area contributed by atoms with Gasteiger partial charge in [0.05, 0.1) is 5.69 Å². The Morgan fingerprint density at radius 2 is 2.05 bits per heavy atom. The number of carbonyl (C=O) groups is 1. The van der Waals surface area contributed by atoms with Crippen LogP contribution in [0.3, 0.4) is 0 Å². The number of anilines is 2. The van der Waals surface area contributed by atoms with Crippen LogP contribution in [0.25, 0.3) is 0 Å². The van der Waals surface area contributed by atoms with Gasteiger partial charge in [-0.2, -0.15) is 0 Å². The maximum Gasteiger partial charge on any atom is 0.262 e. The van der Waals surface area contributed by atoms with Gasteiger partial charge in [0.1, 0.15) is 5.75 Å². The van der Waals surface area contributed by atoms with E-state index in [4.69, 9.17) is 10.5 Å². The number of halogens is 1. The minimum atomic E-state index is -0.231. The zero-order valence-corrected chi connectivity index (χ0v) is 12.6. The van der Waals surface area contributed by atoms with Gasteiger partial charge in [0.15, 0.2) is 6.61 Å². The molecule has 0 spiro atoms. The van der Waals surface area contributed by atoms with Gasteiger partial charge in [0, 0.05) is 10.2 Å². The van der Waals surface area contributed by atoms with Gasteiger partial charge in [0.25, 0.3) is 5.91 Å². The molecule has 0 bridgehead atoms. The summed E-state index contributed by atoms with van der Waals surface area (Å²) < 4.78 is 6.39. The molecule has 2 aromatic carbocycles. The number of benzene rings is 2. The van der Waals surface area contributed by atoms with E-state index in [1.54, 1.807) is 6.07 Å². The average Bonchev–Trinajstić information content (AvgIpc) is 2.38. The molecule has 2 rings (SSSR count). The summed E-state index contributed by atoms with van der Waals surface area (Å²) in [7, 11) is 0. The molecule has 2 aromatic rings. The standard InChI is InChI=1S/C15H15BrN2O2/c1-10-4-2-7-13(17)15(10)20-9-14(19)18-12-6-3-5-11(16)8-12/h2-8H,9,17H2,1H3,(H,18,19). The summed E-state index contributed by atoms with van der Waals surface area (Å²) >= 11 is 3.35. The minimum absolute atomic E-state index is 0.0818. The Morgan fingerprint density at radius 3 is 2.75 bits per heavy atom. The second-order valence-corrected chi connectivity index (χ2v) is 5.26. The quantitative estimate of drug-likeness (QED) is 0.842. The van der Waals surface area contributed by atoms with E-state index in [1.165, 1.54) is 0 Å². The molecular formula is C15H15BrN2O2. The van der Waals surface area contributed by atoms with Crippen LogP contribution in [0.15, 0.2) is 46.9 Å². The van der Waals surface area contributed by atoms with Crippen molar-refractivity contribution in [2.24, 2.45) is 0 Å². The Labute approximate surface area is 126 Å². The molecular weight excluding hydrogens is 320 g/mol. The SMILES string of the molecule is Cc1cccc(N)c1OCC(=O)Nc1cccc(Br)c1. The molecule has 0 saturated heterocycles. The van der Waals surface area contributed by atoms with Crippen LogP contribution in [0.5, 0.6) is 5.75 Å². The normalized spacial score (nSPS) is 10.1. The molecule has 1 amide bonds. The molecule has 0 radical (unpaired) electrons. The predicted molar refractivity (Wildman–Crippen MR) is 83.9 cm³/mol. The van der Waals surface area contributed by atoms with Gasteiger partial charge in [-0.3, -0.25) is 4.79 Å². The number of hydrogen-bond donors (Lipinski definition) is 2. The number of nitrogen functional groups attached to an aromatic ring is 1. The second-order valence-electron chi connectivity index (χ2n) is 4.34. The maximum absolute atomic E-state index is 11.8. The highest BCUT2D eigenvalue weighted by Gasteiger charge is 2.08. The molecule has 0 aliphatic heterocycles. The van der Waals surface area contributed by atoms with Crippen molar-refractivity contribution in [3.8, 4) is 5.75 Å². The number of rotatable bonds is 4. The first kappa shape index (κ1) is 14.4. The van der Waals surface area contributed by atoms with Crippen LogP contribution in [0.1, 0.15) is 5.56 Å². The van der Waals surface area contributed by atoms with Crippen molar-refractivity contribution in [3.05, 3.63) is 52.5 Å². The highest BCUT2D eigenvalue weighted by molar-refractivity contribution is 9.10. The number of hydrogen-bond acceptors (Lipinski definition) is 3. The van der Waals surface area contributed by atoms with E-state index in [9.17, 15) is 4.79 Å². The fraction of sp³-hybridized carbons (Fsp3) is 0.133. The lowest BCUT2D eigenvalue weighted by Crippen LogP contribution is -2.20. The average molecular weight is 335 g/mol. The van der Waals surface area contributed by atoms with E-state index in [0.717, 1.165) is 10.0 Å². The number of para-hydroxylation sites is 1. The number of amides is 1. The van der Waals surface area contributed by atoms with Crippen molar-refractivity contribution in [1.29, 1.82) is 0 Å². The fourth-order valence-corrected chi connectivity index (χ4v) is 2.17. The highest BCUT2D eigenvalue weighted by atomic mass is 79.9. The van der Waals surface area contributed by atoms with Gasteiger partial charge in [-0.1, -0.05) is 34.1 Å². The number of nitrogens with two attached hydrogens (primary N) is 1. The Bertz CT molecular complexity index is 609. The summed E-state index contributed by atoms with van der Waals surface area (Å²) in [6, 6.07) is 12.8. The highest BCUT2D eigenvalue weighted by Crippen LogP contribution is 2.25. The van der Waals surface area contributed by atoms with E-state index in [-0.39, 0.29) is 12.5 Å². The van der Waals surface area contributed by atoms with Crippen molar-refractivity contribution in [2.45, 2.75) is 6.92 Å². The summed E-state index contributed by atoms with van der Waals surface area (Å²) in [6.07, 6.45) is 0. The Balaban J connectivity index is 1.96. The molecule has 0 aliphatic carbocycles. The summed E-state index contributed by atoms with van der Waals surface area (Å²) in [5.41, 5.74) is 7.96. The molecule has 0 unspecified atom stereocenters. The summed E-state index contributed by atoms with van der Waals surface area (Å²) in [6.45, 7) is 1.81. The smallest absolute Gasteiger partial charge is 0.262 e. The van der Waals surface area contributed by atoms with Crippen molar-refractivity contribution in [3.63, 3.8) is 0 Å². The number of ether oxygens (including phenoxy) is 1. The van der Waals surface area contributed by atoms with Crippen LogP contribution in [-0.2, 0) is 4.79 Å². The summed E-state index contributed by atoms with van der Waals surface area (Å²) in [4.78, 5) is 11.8. The lowest BCUT2D eigenvalue weighted by molar-refractivity contribution is -0.118. The Hall–Kier alpha value is -2.01. The lowest BCUT2D eigenvalue weighted by Gasteiger charge is -2.11. The largest absolute Gasteiger partial charge is 0.481 e. The van der Waals surface area contributed by atoms with Crippen LogP contribution in [0.4, 0.5) is 11.4 Å². The third kappa shape index (κ3) is 3.74. The zero-order chi connectivity index (χ0) is 14.5. The topological polar surface area (TPSA) is 64.3 Å². The molecule has 20 heavy (non-hydrogen) atoms. The van der Waals surface area contributed by atoms with E-state index in [0.29, 0.717) is 17.1 Å². The molecule has 5 heteroatoms. The molecule has 0 atom stereocenters. The van der Waals surface area contributed by atoms with E-state index < -0.39 is 0 Å². The summed E-state index contributed by atoms with van der Waals surface area (Å²) in [5.74, 6) is 0.322. The Kier molecular flexibility index (Phi) is 4.63. The van der Waals surface area contributed by atoms with Crippen LogP contribution in [0, 0.1) is 6.92 Å². The lowest BCUT2D eigenvalue weighted by atomic mass is 10.2. The van der Waals surface area contributed by atoms with Crippen LogP contribution < -0.4 is 15.8 Å². The summed E-state index contributed by atoms with van der Waals surface area (Å²) in [5, 5.41) is 2.76. The number of nitrogens with one attached hydrogen (secondary N) is 1. The van der Waals surface area contributed by atoms with Gasteiger partial charge >= 0.3 is 0 Å². The van der Waals surface area contributed by atoms with Crippen molar-refractivity contribution in [2.75, 3.05) is 17.7 Å². The van der Waals surface area contributed by atoms with Gasteiger partial charge in [-0.25, -0.2) is 0 Å². The van der Waals surface area contributed by atoms with Gasteiger partial charge < -0.3 is 15.8 Å². The first-order valence-electron chi connectivity index (χ1n) is 6.09. The van der Waals surface area contributed by atoms with Crippen molar-refractivity contribution >= 4 is 33.2 Å². The second kappa shape index (κ2) is 6.43. The van der Waals surface area contributed by atoms with Crippen molar-refractivity contribution < 1.29 is 9.53 Å². The molecule has 0 aliphatic rings. The van der Waals surface area contributed by atoms with Gasteiger partial charge in [-0.15, -0.1) is 0 Å². The van der Waals surface area contributed by atoms with Gasteiger partial charge in [-0.05, 0) is 36.8 Å². The monoisotopic (exact) mass is 334 g/mol. The third-order valence-electron chi connectivity index (χ3n) is 2.70. The molecule has 0 saturated carbocycles. The van der Waals surface area contributed by atoms with E-state index in [2.05, 4.69) is 21.2 Å². The molecule has 104 valence electrons.